The Hall–Kier alpha value is -2.12. The van der Waals surface area contributed by atoms with E-state index in [4.69, 9.17) is 23.2 Å². The molecule has 0 radical (unpaired) electrons. The minimum absolute atomic E-state index is 0.128. The highest BCUT2D eigenvalue weighted by atomic mass is 35.5. The van der Waals surface area contributed by atoms with Crippen molar-refractivity contribution in [2.45, 2.75) is 51.2 Å². The van der Waals surface area contributed by atoms with Crippen molar-refractivity contribution in [3.8, 4) is 0 Å². The third-order valence-electron chi connectivity index (χ3n) is 6.25. The van der Waals surface area contributed by atoms with E-state index in [0.29, 0.717) is 28.1 Å². The van der Waals surface area contributed by atoms with Crippen molar-refractivity contribution in [1.29, 1.82) is 0 Å². The summed E-state index contributed by atoms with van der Waals surface area (Å²) in [6, 6.07) is 10.8. The predicted octanol–water partition coefficient (Wildman–Crippen LogP) is 5.55. The molecule has 0 saturated heterocycles. The van der Waals surface area contributed by atoms with Gasteiger partial charge in [-0.15, -0.1) is 0 Å². The summed E-state index contributed by atoms with van der Waals surface area (Å²) >= 11 is 13.3. The molecule has 0 unspecified atom stereocenters. The molecule has 1 aromatic heterocycles. The second-order valence-electron chi connectivity index (χ2n) is 8.98. The average molecular weight is 476 g/mol. The molecule has 1 aliphatic rings. The Morgan fingerprint density at radius 2 is 1.84 bits per heavy atom. The maximum atomic E-state index is 12.9. The third kappa shape index (κ3) is 4.37. The smallest absolute Gasteiger partial charge is 0.255 e. The molecule has 6 nitrogen and oxygen atoms in total. The first-order chi connectivity index (χ1) is 15.2. The summed E-state index contributed by atoms with van der Waals surface area (Å²) in [5.41, 5.74) is 0.745. The van der Waals surface area contributed by atoms with Crippen LogP contribution < -0.4 is 5.32 Å². The lowest BCUT2D eigenvalue weighted by molar-refractivity contribution is 0.0793. The molecule has 4 rings (SSSR count). The Labute approximate surface area is 197 Å². The van der Waals surface area contributed by atoms with E-state index in [2.05, 4.69) is 10.4 Å². The molecule has 3 N–H and O–H groups in total. The Balaban J connectivity index is 1.81. The summed E-state index contributed by atoms with van der Waals surface area (Å²) < 4.78 is 1.88. The van der Waals surface area contributed by atoms with Gasteiger partial charge in [0.1, 0.15) is 0 Å². The maximum absolute atomic E-state index is 12.9. The van der Waals surface area contributed by atoms with Crippen molar-refractivity contribution < 1.29 is 15.0 Å². The highest BCUT2D eigenvalue weighted by Gasteiger charge is 2.30. The van der Waals surface area contributed by atoms with Gasteiger partial charge in [-0.25, -0.2) is 0 Å². The molecule has 3 aromatic rings. The Morgan fingerprint density at radius 3 is 2.44 bits per heavy atom. The molecule has 1 saturated carbocycles. The van der Waals surface area contributed by atoms with E-state index in [1.165, 1.54) is 0 Å². The van der Waals surface area contributed by atoms with Crippen LogP contribution in [0.2, 0.25) is 10.2 Å². The van der Waals surface area contributed by atoms with Gasteiger partial charge in [-0.3, -0.25) is 9.48 Å². The fourth-order valence-electron chi connectivity index (χ4n) is 4.44. The maximum Gasteiger partial charge on any atom is 0.255 e. The van der Waals surface area contributed by atoms with E-state index in [9.17, 15) is 15.0 Å². The number of hydrogen-bond acceptors (Lipinski definition) is 4. The molecule has 1 heterocycles. The number of aliphatic hydroxyl groups is 2. The number of aliphatic hydroxyl groups excluding tert-OH is 1. The summed E-state index contributed by atoms with van der Waals surface area (Å²) in [6.07, 6.45) is 3.58. The summed E-state index contributed by atoms with van der Waals surface area (Å²) in [4.78, 5) is 12.9. The number of amides is 1. The van der Waals surface area contributed by atoms with Gasteiger partial charge in [-0.2, -0.15) is 5.10 Å². The summed E-state index contributed by atoms with van der Waals surface area (Å²) in [5, 5.41) is 28.9. The van der Waals surface area contributed by atoms with E-state index >= 15 is 0 Å². The average Bonchev–Trinajstić information content (AvgIpc) is 3.12. The number of carbonyl (C=O) groups excluding carboxylic acids is 1. The van der Waals surface area contributed by atoms with Crippen LogP contribution >= 0.6 is 23.2 Å². The molecule has 0 atom stereocenters. The molecule has 1 fully saturated rings. The highest BCUT2D eigenvalue weighted by Crippen LogP contribution is 2.44. The quantitative estimate of drug-likeness (QED) is 0.451. The van der Waals surface area contributed by atoms with Gasteiger partial charge in [-0.1, -0.05) is 41.4 Å². The Bertz CT molecular complexity index is 1130. The SMILES string of the molecule is CC(C)(O)c1cc2c(c(Cl)nn2C2CCC(CO)CC2)c(Cl)c1NC(=O)c1ccccc1. The van der Waals surface area contributed by atoms with Crippen molar-refractivity contribution >= 4 is 45.7 Å². The number of carbonyl (C=O) groups is 1. The second kappa shape index (κ2) is 9.02. The molecular formula is C24H27Cl2N3O3. The van der Waals surface area contributed by atoms with Crippen LogP contribution in [0, 0.1) is 5.92 Å². The topological polar surface area (TPSA) is 87.4 Å². The van der Waals surface area contributed by atoms with E-state index in [1.807, 2.05) is 16.8 Å². The zero-order chi connectivity index (χ0) is 23.0. The van der Waals surface area contributed by atoms with Crippen LogP contribution in [0.25, 0.3) is 10.9 Å². The van der Waals surface area contributed by atoms with E-state index in [0.717, 1.165) is 31.2 Å². The van der Waals surface area contributed by atoms with Gasteiger partial charge in [0.05, 0.1) is 33.3 Å². The van der Waals surface area contributed by atoms with Crippen molar-refractivity contribution in [2.24, 2.45) is 5.92 Å². The molecule has 170 valence electrons. The number of halogens is 2. The molecule has 32 heavy (non-hydrogen) atoms. The Morgan fingerprint density at radius 1 is 1.19 bits per heavy atom. The van der Waals surface area contributed by atoms with E-state index in [1.54, 1.807) is 38.1 Å². The lowest BCUT2D eigenvalue weighted by atomic mass is 9.86. The fourth-order valence-corrected chi connectivity index (χ4v) is 5.10. The molecule has 2 aromatic carbocycles. The first kappa shape index (κ1) is 23.1. The first-order valence-electron chi connectivity index (χ1n) is 10.8. The number of nitrogens with zero attached hydrogens (tertiary/aromatic N) is 2. The summed E-state index contributed by atoms with van der Waals surface area (Å²) in [6.45, 7) is 3.50. The van der Waals surface area contributed by atoms with Crippen LogP contribution in [-0.4, -0.2) is 32.5 Å². The predicted molar refractivity (Wildman–Crippen MR) is 127 cm³/mol. The lowest BCUT2D eigenvalue weighted by Crippen LogP contribution is -2.23. The van der Waals surface area contributed by atoms with Gasteiger partial charge < -0.3 is 15.5 Å². The van der Waals surface area contributed by atoms with Gasteiger partial charge in [0.25, 0.3) is 5.91 Å². The molecule has 8 heteroatoms. The minimum Gasteiger partial charge on any atom is -0.396 e. The van der Waals surface area contributed by atoms with Crippen LogP contribution in [0.15, 0.2) is 36.4 Å². The number of fused-ring (bicyclic) bond motifs is 1. The number of rotatable bonds is 5. The van der Waals surface area contributed by atoms with Gasteiger partial charge in [-0.05, 0) is 63.6 Å². The number of nitrogens with one attached hydrogen (secondary N) is 1. The molecular weight excluding hydrogens is 449 g/mol. The van der Waals surface area contributed by atoms with Crippen LogP contribution in [0.3, 0.4) is 0 Å². The van der Waals surface area contributed by atoms with Crippen molar-refractivity contribution in [3.63, 3.8) is 0 Å². The lowest BCUT2D eigenvalue weighted by Gasteiger charge is -2.28. The van der Waals surface area contributed by atoms with Crippen molar-refractivity contribution in [2.75, 3.05) is 11.9 Å². The largest absolute Gasteiger partial charge is 0.396 e. The van der Waals surface area contributed by atoms with Crippen LogP contribution in [-0.2, 0) is 5.60 Å². The van der Waals surface area contributed by atoms with Gasteiger partial charge >= 0.3 is 0 Å². The van der Waals surface area contributed by atoms with Gasteiger partial charge in [0.2, 0.25) is 0 Å². The number of benzene rings is 2. The molecule has 0 bridgehead atoms. The number of hydrogen-bond donors (Lipinski definition) is 3. The molecule has 0 aliphatic heterocycles. The monoisotopic (exact) mass is 475 g/mol. The van der Waals surface area contributed by atoms with Gasteiger partial charge in [0.15, 0.2) is 5.15 Å². The minimum atomic E-state index is -1.27. The van der Waals surface area contributed by atoms with Crippen LogP contribution in [0.5, 0.6) is 0 Å². The van der Waals surface area contributed by atoms with Gasteiger partial charge in [0, 0.05) is 17.7 Å². The van der Waals surface area contributed by atoms with E-state index in [-0.39, 0.29) is 28.7 Å². The Kier molecular flexibility index (Phi) is 6.50. The van der Waals surface area contributed by atoms with Crippen molar-refractivity contribution in [1.82, 2.24) is 9.78 Å². The molecule has 1 aliphatic carbocycles. The highest BCUT2D eigenvalue weighted by molar-refractivity contribution is 6.44. The number of aromatic nitrogens is 2. The summed E-state index contributed by atoms with van der Waals surface area (Å²) in [7, 11) is 0. The summed E-state index contributed by atoms with van der Waals surface area (Å²) in [5.74, 6) is -0.0120. The number of anilines is 1. The normalized spacial score (nSPS) is 19.3. The standard InChI is InChI=1S/C24H27Cl2N3O3/c1-24(2,32)17-12-18-19(20(25)21(17)27-23(31)15-6-4-3-5-7-15)22(26)28-29(18)16-10-8-14(13-30)9-11-16/h3-7,12,14,16,30,32H,8-11,13H2,1-2H3,(H,27,31). The van der Waals surface area contributed by atoms with Crippen LogP contribution in [0.4, 0.5) is 5.69 Å². The third-order valence-corrected chi connectivity index (χ3v) is 6.89. The first-order valence-corrected chi connectivity index (χ1v) is 11.6. The second-order valence-corrected chi connectivity index (χ2v) is 9.71. The van der Waals surface area contributed by atoms with Crippen LogP contribution in [0.1, 0.15) is 61.5 Å². The van der Waals surface area contributed by atoms with Crippen molar-refractivity contribution in [3.05, 3.63) is 57.7 Å². The zero-order valence-corrected chi connectivity index (χ0v) is 19.6. The van der Waals surface area contributed by atoms with E-state index < -0.39 is 5.60 Å². The molecule has 1 amide bonds. The fraction of sp³-hybridized carbons (Fsp3) is 0.417. The molecule has 0 spiro atoms. The zero-order valence-electron chi connectivity index (χ0n) is 18.1.